The molecule has 0 aliphatic carbocycles. The highest BCUT2D eigenvalue weighted by Crippen LogP contribution is 2.40. The second-order valence-corrected chi connectivity index (χ2v) is 8.08. The molecule has 1 fully saturated rings. The van der Waals surface area contributed by atoms with E-state index in [9.17, 15) is 9.18 Å². The zero-order valence-electron chi connectivity index (χ0n) is 19.9. The molecule has 0 bridgehead atoms. The lowest BCUT2D eigenvalue weighted by atomic mass is 10.1. The molecule has 0 atom stereocenters. The summed E-state index contributed by atoms with van der Waals surface area (Å²) in [6.07, 6.45) is 1.91. The summed E-state index contributed by atoms with van der Waals surface area (Å²) in [4.78, 5) is 14.6. The number of carbonyl (C=O) groups excluding carboxylic acids is 1. The Morgan fingerprint density at radius 3 is 2.15 bits per heavy atom. The fourth-order valence-corrected chi connectivity index (χ4v) is 4.17. The lowest BCUT2D eigenvalue weighted by molar-refractivity contribution is -0.939. The summed E-state index contributed by atoms with van der Waals surface area (Å²) in [5, 5.41) is 0. The Morgan fingerprint density at radius 2 is 1.65 bits per heavy atom. The number of rotatable bonds is 10. The lowest BCUT2D eigenvalue weighted by Crippen LogP contribution is -3.00. The third-order valence-corrected chi connectivity index (χ3v) is 5.99. The maximum Gasteiger partial charge on any atom is 0.260 e. The number of halogens is 2. The summed E-state index contributed by atoms with van der Waals surface area (Å²) in [6, 6.07) is 9.95. The van der Waals surface area contributed by atoms with Crippen molar-refractivity contribution in [3.8, 4) is 23.0 Å². The number of hydrogen-bond donors (Lipinski definition) is 0. The van der Waals surface area contributed by atoms with Crippen LogP contribution in [0.1, 0.15) is 5.56 Å². The molecular formula is C25H32BrFN2O5. The van der Waals surface area contributed by atoms with Crippen molar-refractivity contribution in [2.45, 2.75) is 6.54 Å². The summed E-state index contributed by atoms with van der Waals surface area (Å²) < 4.78 is 35.8. The highest BCUT2D eigenvalue weighted by atomic mass is 79.9. The molecule has 0 saturated carbocycles. The minimum absolute atomic E-state index is 0. The van der Waals surface area contributed by atoms with Crippen LogP contribution in [0.15, 0.2) is 49.1 Å². The van der Waals surface area contributed by atoms with Gasteiger partial charge in [0.05, 0.1) is 54.1 Å². The Kier molecular flexibility index (Phi) is 10.2. The molecule has 1 aliphatic rings. The fraction of sp³-hybridized carbons (Fsp3) is 0.400. The van der Waals surface area contributed by atoms with Gasteiger partial charge in [-0.1, -0.05) is 18.7 Å². The fourth-order valence-electron chi connectivity index (χ4n) is 4.17. The van der Waals surface area contributed by atoms with Gasteiger partial charge < -0.3 is 45.3 Å². The summed E-state index contributed by atoms with van der Waals surface area (Å²) in [6.45, 7) is 8.21. The molecule has 0 radical (unpaired) electrons. The minimum Gasteiger partial charge on any atom is -1.00 e. The van der Waals surface area contributed by atoms with Crippen LogP contribution in [0.4, 0.5) is 4.39 Å². The van der Waals surface area contributed by atoms with Crippen molar-refractivity contribution < 1.29 is 49.6 Å². The number of quaternary nitrogens is 1. The predicted molar refractivity (Wildman–Crippen MR) is 123 cm³/mol. The largest absolute Gasteiger partial charge is 1.00 e. The molecule has 0 unspecified atom stereocenters. The number of piperazine rings is 1. The van der Waals surface area contributed by atoms with Crippen molar-refractivity contribution in [2.75, 3.05) is 60.7 Å². The van der Waals surface area contributed by atoms with Crippen LogP contribution in [0.3, 0.4) is 0 Å². The molecule has 3 rings (SSSR count). The molecule has 2 aromatic carbocycles. The molecule has 1 aliphatic heterocycles. The maximum atomic E-state index is 13.3. The first-order valence-electron chi connectivity index (χ1n) is 10.8. The zero-order chi connectivity index (χ0) is 23.8. The number of carbonyl (C=O) groups is 1. The van der Waals surface area contributed by atoms with Gasteiger partial charge in [0.15, 0.2) is 18.1 Å². The van der Waals surface area contributed by atoms with E-state index in [4.69, 9.17) is 18.9 Å². The Labute approximate surface area is 211 Å². The average molecular weight is 539 g/mol. The number of hydrogen-bond acceptors (Lipinski definition) is 5. The van der Waals surface area contributed by atoms with Crippen LogP contribution in [0.25, 0.3) is 0 Å². The number of nitrogens with zero attached hydrogens (tertiary/aromatic N) is 2. The van der Waals surface area contributed by atoms with E-state index in [0.717, 1.165) is 36.2 Å². The molecule has 0 N–H and O–H groups in total. The van der Waals surface area contributed by atoms with Crippen molar-refractivity contribution >= 4 is 5.91 Å². The van der Waals surface area contributed by atoms with Gasteiger partial charge in [-0.2, -0.15) is 0 Å². The van der Waals surface area contributed by atoms with E-state index in [1.54, 1.807) is 12.1 Å². The van der Waals surface area contributed by atoms with Crippen LogP contribution in [0.2, 0.25) is 0 Å². The van der Waals surface area contributed by atoms with Gasteiger partial charge in [0.2, 0.25) is 5.75 Å². The van der Waals surface area contributed by atoms with Gasteiger partial charge >= 0.3 is 0 Å². The molecule has 0 spiro atoms. The van der Waals surface area contributed by atoms with Gasteiger partial charge in [-0.3, -0.25) is 4.79 Å². The number of amides is 1. The highest BCUT2D eigenvalue weighted by molar-refractivity contribution is 5.78. The quantitative estimate of drug-likeness (QED) is 0.321. The van der Waals surface area contributed by atoms with Crippen molar-refractivity contribution in [1.29, 1.82) is 0 Å². The Morgan fingerprint density at radius 1 is 1.06 bits per heavy atom. The first-order chi connectivity index (χ1) is 15.9. The predicted octanol–water partition coefficient (Wildman–Crippen LogP) is 0.280. The van der Waals surface area contributed by atoms with E-state index in [2.05, 4.69) is 6.58 Å². The monoisotopic (exact) mass is 538 g/mol. The van der Waals surface area contributed by atoms with E-state index in [1.807, 2.05) is 23.1 Å². The van der Waals surface area contributed by atoms with Crippen molar-refractivity contribution in [2.24, 2.45) is 0 Å². The van der Waals surface area contributed by atoms with E-state index < -0.39 is 0 Å². The van der Waals surface area contributed by atoms with Crippen molar-refractivity contribution in [3.05, 3.63) is 60.4 Å². The van der Waals surface area contributed by atoms with Crippen molar-refractivity contribution in [1.82, 2.24) is 4.90 Å². The first kappa shape index (κ1) is 27.5. The molecule has 1 saturated heterocycles. The maximum absolute atomic E-state index is 13.3. The zero-order valence-corrected chi connectivity index (χ0v) is 21.5. The smallest absolute Gasteiger partial charge is 0.260 e. The molecule has 0 aromatic heterocycles. The molecule has 186 valence electrons. The van der Waals surface area contributed by atoms with E-state index >= 15 is 0 Å². The summed E-state index contributed by atoms with van der Waals surface area (Å²) in [5.74, 6) is 1.53. The summed E-state index contributed by atoms with van der Waals surface area (Å²) in [5.41, 5.74) is 1.07. The highest BCUT2D eigenvalue weighted by Gasteiger charge is 2.34. The molecule has 2 aromatic rings. The Balaban J connectivity index is 0.00000408. The van der Waals surface area contributed by atoms with Crippen LogP contribution in [-0.2, 0) is 11.3 Å². The van der Waals surface area contributed by atoms with Gasteiger partial charge in [-0.15, -0.1) is 0 Å². The topological polar surface area (TPSA) is 57.2 Å². The number of methoxy groups -OCH3 is 3. The Hall–Kier alpha value is -2.78. The molecule has 7 nitrogen and oxygen atoms in total. The molecule has 1 heterocycles. The van der Waals surface area contributed by atoms with Crippen LogP contribution in [-0.4, -0.2) is 76.0 Å². The van der Waals surface area contributed by atoms with Crippen molar-refractivity contribution in [3.63, 3.8) is 0 Å². The van der Waals surface area contributed by atoms with Gasteiger partial charge in [-0.25, -0.2) is 4.39 Å². The van der Waals surface area contributed by atoms with Gasteiger partial charge in [0.1, 0.15) is 18.1 Å². The van der Waals surface area contributed by atoms with Crippen LogP contribution >= 0.6 is 0 Å². The third-order valence-electron chi connectivity index (χ3n) is 5.99. The first-order valence-corrected chi connectivity index (χ1v) is 10.8. The van der Waals surface area contributed by atoms with Gasteiger partial charge in [0.25, 0.3) is 5.91 Å². The normalized spacial score (nSPS) is 14.5. The molecule has 9 heteroatoms. The molecule has 34 heavy (non-hydrogen) atoms. The second kappa shape index (κ2) is 12.6. The standard InChI is InChI=1S/C25H32FN2O5.BrH/c1-5-12-28(17-19-6-8-20(26)9-7-19)13-10-27(11-14-28)24(29)18-33-21-15-22(30-2)25(32-4)23(16-21)31-3;/h5-9,15-16H,1,10-14,17-18H2,2-4H3;1H/q+1;/p-1. The molecule has 1 amide bonds. The second-order valence-electron chi connectivity index (χ2n) is 8.08. The average Bonchev–Trinajstić information content (AvgIpc) is 2.83. The van der Waals surface area contributed by atoms with Crippen LogP contribution < -0.4 is 35.9 Å². The lowest BCUT2D eigenvalue weighted by Gasteiger charge is -2.44. The Bertz CT molecular complexity index is 937. The van der Waals surface area contributed by atoms with E-state index in [1.165, 1.54) is 33.5 Å². The summed E-state index contributed by atoms with van der Waals surface area (Å²) in [7, 11) is 4.58. The third kappa shape index (κ3) is 6.64. The number of benzene rings is 2. The van der Waals surface area contributed by atoms with Gasteiger partial charge in [0, 0.05) is 17.7 Å². The number of ether oxygens (including phenoxy) is 4. The van der Waals surface area contributed by atoms with E-state index in [-0.39, 0.29) is 35.3 Å². The minimum atomic E-state index is -0.239. The van der Waals surface area contributed by atoms with E-state index in [0.29, 0.717) is 36.1 Å². The van der Waals surface area contributed by atoms with Crippen LogP contribution in [0.5, 0.6) is 23.0 Å². The summed E-state index contributed by atoms with van der Waals surface area (Å²) >= 11 is 0. The molecular weight excluding hydrogens is 507 g/mol. The van der Waals surface area contributed by atoms with Crippen LogP contribution in [0, 0.1) is 5.82 Å². The van der Waals surface area contributed by atoms with Gasteiger partial charge in [-0.05, 0) is 18.2 Å². The SMILES string of the molecule is C=CC[N+]1(Cc2ccc(F)cc2)CCN(C(=O)COc2cc(OC)c(OC)c(OC)c2)CC1.[Br-].